The van der Waals surface area contributed by atoms with Crippen molar-refractivity contribution in [2.24, 2.45) is 0 Å². The van der Waals surface area contributed by atoms with Crippen LogP contribution in [0.3, 0.4) is 0 Å². The number of nitrogens with one attached hydrogen (secondary N) is 2. The molecule has 0 fully saturated rings. The molecule has 0 unspecified atom stereocenters. The van der Waals surface area contributed by atoms with Crippen molar-refractivity contribution in [1.29, 1.82) is 0 Å². The number of rotatable bonds is 5. The smallest absolute Gasteiger partial charge is 0.338 e. The van der Waals surface area contributed by atoms with Gasteiger partial charge in [0.1, 0.15) is 0 Å². The second kappa shape index (κ2) is 6.51. The van der Waals surface area contributed by atoms with Crippen molar-refractivity contribution in [3.63, 3.8) is 0 Å². The zero-order valence-corrected chi connectivity index (χ0v) is 11.3. The fraction of sp³-hybridized carbons (Fsp3) is 0.231. The summed E-state index contributed by atoms with van der Waals surface area (Å²) in [4.78, 5) is 26.8. The Labute approximate surface area is 120 Å². The fourth-order valence-electron chi connectivity index (χ4n) is 1.81. The number of carboxylic acids is 1. The maximum absolute atomic E-state index is 11.7. The number of hydrogen-bond acceptors (Lipinski definition) is 5. The second-order valence-corrected chi connectivity index (χ2v) is 4.27. The number of aromatic nitrogens is 2. The van der Waals surface area contributed by atoms with Gasteiger partial charge in [-0.25, -0.2) is 9.59 Å². The van der Waals surface area contributed by atoms with Gasteiger partial charge < -0.3 is 20.3 Å². The number of aromatic carboxylic acids is 1. The molecule has 0 bridgehead atoms. The van der Waals surface area contributed by atoms with E-state index in [2.05, 4.69) is 20.8 Å². The molecule has 0 spiro atoms. The van der Waals surface area contributed by atoms with Crippen molar-refractivity contribution in [2.45, 2.75) is 13.3 Å². The second-order valence-electron chi connectivity index (χ2n) is 4.27. The quantitative estimate of drug-likeness (QED) is 0.767. The van der Waals surface area contributed by atoms with Crippen LogP contribution in [0.4, 0.5) is 10.5 Å². The van der Waals surface area contributed by atoms with Crippen molar-refractivity contribution in [2.75, 3.05) is 11.9 Å². The Kier molecular flexibility index (Phi) is 4.50. The van der Waals surface area contributed by atoms with Gasteiger partial charge in [0.25, 0.3) is 0 Å². The van der Waals surface area contributed by atoms with E-state index in [1.807, 2.05) is 0 Å². The van der Waals surface area contributed by atoms with Gasteiger partial charge in [0.15, 0.2) is 6.33 Å². The molecule has 0 saturated heterocycles. The summed E-state index contributed by atoms with van der Waals surface area (Å²) >= 11 is 0. The Balaban J connectivity index is 1.93. The molecule has 2 aromatic rings. The van der Waals surface area contributed by atoms with Gasteiger partial charge in [0, 0.05) is 13.0 Å². The van der Waals surface area contributed by atoms with Crippen LogP contribution >= 0.6 is 0 Å². The number of nitrogens with zero attached hydrogens (tertiary/aromatic N) is 2. The number of carboxylic acid groups (broad SMARTS) is 1. The minimum Gasteiger partial charge on any atom is -0.478 e. The Morgan fingerprint density at radius 2 is 2.19 bits per heavy atom. The first kappa shape index (κ1) is 14.5. The Morgan fingerprint density at radius 3 is 2.86 bits per heavy atom. The minimum absolute atomic E-state index is 0.0737. The third-order valence-corrected chi connectivity index (χ3v) is 2.77. The molecule has 1 aromatic heterocycles. The fourth-order valence-corrected chi connectivity index (χ4v) is 1.81. The first-order valence-corrected chi connectivity index (χ1v) is 6.21. The van der Waals surface area contributed by atoms with Gasteiger partial charge in [-0.05, 0) is 18.6 Å². The topological polar surface area (TPSA) is 117 Å². The summed E-state index contributed by atoms with van der Waals surface area (Å²) in [6.07, 6.45) is 1.67. The lowest BCUT2D eigenvalue weighted by Crippen LogP contribution is -2.31. The molecule has 2 rings (SSSR count). The van der Waals surface area contributed by atoms with Crippen molar-refractivity contribution < 1.29 is 19.2 Å². The maximum atomic E-state index is 11.7. The van der Waals surface area contributed by atoms with Crippen molar-refractivity contribution in [3.05, 3.63) is 41.5 Å². The van der Waals surface area contributed by atoms with E-state index in [4.69, 9.17) is 9.63 Å². The Hall–Kier alpha value is -2.90. The molecule has 1 aromatic carbocycles. The van der Waals surface area contributed by atoms with E-state index in [-0.39, 0.29) is 11.3 Å². The largest absolute Gasteiger partial charge is 0.478 e. The van der Waals surface area contributed by atoms with E-state index in [1.165, 1.54) is 12.4 Å². The predicted octanol–water partition coefficient (Wildman–Crippen LogP) is 1.44. The SMILES string of the molecule is Cc1cccc(NC(=O)NCCc2ncno2)c1C(=O)O. The number of amides is 2. The van der Waals surface area contributed by atoms with Crippen molar-refractivity contribution in [1.82, 2.24) is 15.5 Å². The molecule has 8 nitrogen and oxygen atoms in total. The minimum atomic E-state index is -1.09. The summed E-state index contributed by atoms with van der Waals surface area (Å²) in [5.41, 5.74) is 0.897. The highest BCUT2D eigenvalue weighted by Gasteiger charge is 2.14. The van der Waals surface area contributed by atoms with Gasteiger partial charge in [0.05, 0.1) is 11.3 Å². The van der Waals surface area contributed by atoms with Crippen LogP contribution in [0, 0.1) is 6.92 Å². The van der Waals surface area contributed by atoms with Gasteiger partial charge in [-0.3, -0.25) is 0 Å². The van der Waals surface area contributed by atoms with Gasteiger partial charge in [0.2, 0.25) is 5.89 Å². The highest BCUT2D eigenvalue weighted by atomic mass is 16.5. The van der Waals surface area contributed by atoms with E-state index in [0.29, 0.717) is 24.4 Å². The van der Waals surface area contributed by atoms with Crippen LogP contribution in [0.25, 0.3) is 0 Å². The number of aryl methyl sites for hydroxylation is 1. The van der Waals surface area contributed by atoms with Crippen LogP contribution < -0.4 is 10.6 Å². The summed E-state index contributed by atoms with van der Waals surface area (Å²) in [7, 11) is 0. The summed E-state index contributed by atoms with van der Waals surface area (Å²) < 4.78 is 4.79. The van der Waals surface area contributed by atoms with Gasteiger partial charge in [-0.15, -0.1) is 0 Å². The molecule has 0 saturated carbocycles. The van der Waals surface area contributed by atoms with E-state index in [1.54, 1.807) is 19.1 Å². The Bertz CT molecular complexity index is 640. The summed E-state index contributed by atoms with van der Waals surface area (Å²) in [6, 6.07) is 4.38. The number of benzene rings is 1. The molecule has 0 aliphatic heterocycles. The summed E-state index contributed by atoms with van der Waals surface area (Å²) in [5.74, 6) is -0.675. The van der Waals surface area contributed by atoms with Gasteiger partial charge in [-0.2, -0.15) is 4.98 Å². The van der Waals surface area contributed by atoms with Gasteiger partial charge >= 0.3 is 12.0 Å². The molecule has 110 valence electrons. The molecule has 0 atom stereocenters. The van der Waals surface area contributed by atoms with Crippen LogP contribution in [0.1, 0.15) is 21.8 Å². The first-order chi connectivity index (χ1) is 10.1. The highest BCUT2D eigenvalue weighted by molar-refractivity contribution is 6.01. The van der Waals surface area contributed by atoms with Gasteiger partial charge in [-0.1, -0.05) is 17.3 Å². The number of anilines is 1. The van der Waals surface area contributed by atoms with Crippen LogP contribution in [-0.2, 0) is 6.42 Å². The molecule has 0 radical (unpaired) electrons. The molecular weight excluding hydrogens is 276 g/mol. The predicted molar refractivity (Wildman–Crippen MR) is 73.2 cm³/mol. The highest BCUT2D eigenvalue weighted by Crippen LogP contribution is 2.19. The molecule has 1 heterocycles. The van der Waals surface area contributed by atoms with E-state index in [0.717, 1.165) is 0 Å². The lowest BCUT2D eigenvalue weighted by atomic mass is 10.1. The van der Waals surface area contributed by atoms with Crippen LogP contribution in [-0.4, -0.2) is 33.8 Å². The third-order valence-electron chi connectivity index (χ3n) is 2.77. The molecule has 0 aliphatic rings. The lowest BCUT2D eigenvalue weighted by Gasteiger charge is -2.11. The molecule has 8 heteroatoms. The number of urea groups is 1. The van der Waals surface area contributed by atoms with Crippen molar-refractivity contribution >= 4 is 17.7 Å². The molecule has 21 heavy (non-hydrogen) atoms. The monoisotopic (exact) mass is 290 g/mol. The first-order valence-electron chi connectivity index (χ1n) is 6.21. The van der Waals surface area contributed by atoms with Crippen LogP contribution in [0.15, 0.2) is 29.0 Å². The average Bonchev–Trinajstić information content (AvgIpc) is 2.91. The van der Waals surface area contributed by atoms with E-state index < -0.39 is 12.0 Å². The normalized spacial score (nSPS) is 10.1. The average molecular weight is 290 g/mol. The van der Waals surface area contributed by atoms with E-state index in [9.17, 15) is 9.59 Å². The molecule has 2 amide bonds. The van der Waals surface area contributed by atoms with Crippen LogP contribution in [0.5, 0.6) is 0 Å². The zero-order chi connectivity index (χ0) is 15.2. The lowest BCUT2D eigenvalue weighted by molar-refractivity contribution is 0.0697. The maximum Gasteiger partial charge on any atom is 0.338 e. The molecular formula is C13H14N4O4. The summed E-state index contributed by atoms with van der Waals surface area (Å²) in [5, 5.41) is 17.7. The van der Waals surface area contributed by atoms with E-state index >= 15 is 0 Å². The standard InChI is InChI=1S/C13H14N4O4/c1-8-3-2-4-9(11(8)12(18)19)17-13(20)14-6-5-10-15-7-16-21-10/h2-4,7H,5-6H2,1H3,(H,18,19)(H2,14,17,20). The number of hydrogen-bond donors (Lipinski definition) is 3. The third kappa shape index (κ3) is 3.78. The number of carbonyl (C=O) groups is 2. The molecule has 0 aliphatic carbocycles. The van der Waals surface area contributed by atoms with Crippen LogP contribution in [0.2, 0.25) is 0 Å². The molecule has 3 N–H and O–H groups in total. The number of carbonyl (C=O) groups excluding carboxylic acids is 1. The Morgan fingerprint density at radius 1 is 1.38 bits per heavy atom. The zero-order valence-electron chi connectivity index (χ0n) is 11.3. The van der Waals surface area contributed by atoms with Crippen molar-refractivity contribution in [3.8, 4) is 0 Å². The summed E-state index contributed by atoms with van der Waals surface area (Å²) in [6.45, 7) is 1.96.